The summed E-state index contributed by atoms with van der Waals surface area (Å²) < 4.78 is 5.95. The average molecular weight is 220 g/mol. The van der Waals surface area contributed by atoms with Crippen molar-refractivity contribution in [2.75, 3.05) is 6.61 Å². The first-order valence-electron chi connectivity index (χ1n) is 5.47. The van der Waals surface area contributed by atoms with Crippen molar-refractivity contribution >= 4 is 19.6 Å². The molecule has 1 rings (SSSR count). The lowest BCUT2D eigenvalue weighted by molar-refractivity contribution is 0.315. The SMILES string of the molecule is C=Cc1ccc([Si](C)(C)OCCC)cc1. The summed E-state index contributed by atoms with van der Waals surface area (Å²) >= 11 is 0. The highest BCUT2D eigenvalue weighted by Crippen LogP contribution is 2.08. The molecule has 0 saturated heterocycles. The minimum Gasteiger partial charge on any atom is -0.413 e. The van der Waals surface area contributed by atoms with E-state index in [4.69, 9.17) is 4.43 Å². The van der Waals surface area contributed by atoms with Gasteiger partial charge in [-0.25, -0.2) is 0 Å². The Morgan fingerprint density at radius 3 is 2.33 bits per heavy atom. The largest absolute Gasteiger partial charge is 0.413 e. The molecule has 0 fully saturated rings. The first-order valence-corrected chi connectivity index (χ1v) is 8.38. The fourth-order valence-electron chi connectivity index (χ4n) is 1.46. The van der Waals surface area contributed by atoms with Gasteiger partial charge in [0.2, 0.25) is 8.32 Å². The van der Waals surface area contributed by atoms with E-state index < -0.39 is 8.32 Å². The van der Waals surface area contributed by atoms with Gasteiger partial charge < -0.3 is 4.43 Å². The van der Waals surface area contributed by atoms with Gasteiger partial charge in [-0.3, -0.25) is 0 Å². The third-order valence-corrected chi connectivity index (χ3v) is 5.16. The quantitative estimate of drug-likeness (QED) is 0.693. The van der Waals surface area contributed by atoms with E-state index >= 15 is 0 Å². The first kappa shape index (κ1) is 12.2. The van der Waals surface area contributed by atoms with Gasteiger partial charge in [-0.2, -0.15) is 0 Å². The Morgan fingerprint density at radius 1 is 1.27 bits per heavy atom. The van der Waals surface area contributed by atoms with Crippen LogP contribution < -0.4 is 5.19 Å². The Labute approximate surface area is 93.9 Å². The zero-order valence-electron chi connectivity index (χ0n) is 9.92. The van der Waals surface area contributed by atoms with E-state index in [9.17, 15) is 0 Å². The summed E-state index contributed by atoms with van der Waals surface area (Å²) in [5.41, 5.74) is 1.17. The van der Waals surface area contributed by atoms with E-state index in [0.29, 0.717) is 0 Å². The standard InChI is InChI=1S/C13H20OSi/c1-5-11-14-15(3,4)13-9-7-12(6-2)8-10-13/h6-10H,2,5,11H2,1,3-4H3. The van der Waals surface area contributed by atoms with E-state index in [1.807, 2.05) is 6.08 Å². The smallest absolute Gasteiger partial charge is 0.218 e. The highest BCUT2D eigenvalue weighted by atomic mass is 28.4. The number of hydrogen-bond donors (Lipinski definition) is 0. The average Bonchev–Trinajstić information content (AvgIpc) is 2.26. The van der Waals surface area contributed by atoms with Gasteiger partial charge in [0.05, 0.1) is 0 Å². The van der Waals surface area contributed by atoms with E-state index in [1.54, 1.807) is 0 Å². The van der Waals surface area contributed by atoms with Gasteiger partial charge >= 0.3 is 0 Å². The maximum absolute atomic E-state index is 5.95. The number of hydrogen-bond acceptors (Lipinski definition) is 1. The lowest BCUT2D eigenvalue weighted by atomic mass is 10.2. The van der Waals surface area contributed by atoms with Crippen molar-refractivity contribution in [3.8, 4) is 0 Å². The Kier molecular flexibility index (Phi) is 4.30. The van der Waals surface area contributed by atoms with Crippen LogP contribution in [-0.2, 0) is 4.43 Å². The zero-order chi connectivity index (χ0) is 11.3. The summed E-state index contributed by atoms with van der Waals surface area (Å²) in [5, 5.41) is 1.35. The van der Waals surface area contributed by atoms with Gasteiger partial charge in [-0.1, -0.05) is 43.8 Å². The van der Waals surface area contributed by atoms with E-state index in [2.05, 4.69) is 50.9 Å². The second kappa shape index (κ2) is 5.28. The molecule has 2 heteroatoms. The third-order valence-electron chi connectivity index (χ3n) is 2.51. The Morgan fingerprint density at radius 2 is 1.87 bits per heavy atom. The molecular formula is C13H20OSi. The minimum absolute atomic E-state index is 0.864. The lowest BCUT2D eigenvalue weighted by Gasteiger charge is -2.23. The highest BCUT2D eigenvalue weighted by Gasteiger charge is 2.24. The molecule has 15 heavy (non-hydrogen) atoms. The van der Waals surface area contributed by atoms with E-state index in [0.717, 1.165) is 13.0 Å². The second-order valence-corrected chi connectivity index (χ2v) is 8.07. The molecule has 1 aromatic carbocycles. The summed E-state index contributed by atoms with van der Waals surface area (Å²) in [7, 11) is -1.67. The van der Waals surface area contributed by atoms with Crippen molar-refractivity contribution in [1.29, 1.82) is 0 Å². The Hall–Kier alpha value is -0.863. The molecule has 0 saturated carbocycles. The molecular weight excluding hydrogens is 200 g/mol. The minimum atomic E-state index is -1.67. The Balaban J connectivity index is 2.80. The van der Waals surface area contributed by atoms with Crippen LogP contribution >= 0.6 is 0 Å². The second-order valence-electron chi connectivity index (χ2n) is 4.18. The topological polar surface area (TPSA) is 9.23 Å². The van der Waals surface area contributed by atoms with Crippen molar-refractivity contribution < 1.29 is 4.43 Å². The number of rotatable bonds is 5. The normalized spacial score (nSPS) is 11.4. The summed E-state index contributed by atoms with van der Waals surface area (Å²) in [4.78, 5) is 0. The molecule has 0 aliphatic carbocycles. The fourth-order valence-corrected chi connectivity index (χ4v) is 3.31. The van der Waals surface area contributed by atoms with Gasteiger partial charge in [0, 0.05) is 6.61 Å². The van der Waals surface area contributed by atoms with Crippen LogP contribution in [0.3, 0.4) is 0 Å². The highest BCUT2D eigenvalue weighted by molar-refractivity contribution is 6.84. The molecule has 82 valence electrons. The molecule has 0 spiro atoms. The molecule has 1 aromatic rings. The van der Waals surface area contributed by atoms with Crippen molar-refractivity contribution in [3.05, 3.63) is 36.4 Å². The van der Waals surface area contributed by atoms with Crippen molar-refractivity contribution in [1.82, 2.24) is 0 Å². The van der Waals surface area contributed by atoms with Gasteiger partial charge in [-0.05, 0) is 30.3 Å². The predicted molar refractivity (Wildman–Crippen MR) is 69.9 cm³/mol. The molecule has 0 heterocycles. The van der Waals surface area contributed by atoms with Crippen LogP contribution in [0.15, 0.2) is 30.8 Å². The first-order chi connectivity index (χ1) is 7.10. The lowest BCUT2D eigenvalue weighted by Crippen LogP contribution is -2.44. The molecule has 0 N–H and O–H groups in total. The van der Waals surface area contributed by atoms with Crippen LogP contribution in [0.25, 0.3) is 6.08 Å². The van der Waals surface area contributed by atoms with Gasteiger partial charge in [0.1, 0.15) is 0 Å². The van der Waals surface area contributed by atoms with Crippen molar-refractivity contribution in [2.45, 2.75) is 26.4 Å². The van der Waals surface area contributed by atoms with Gasteiger partial charge in [0.25, 0.3) is 0 Å². The molecule has 0 aliphatic rings. The van der Waals surface area contributed by atoms with E-state index in [1.165, 1.54) is 10.8 Å². The van der Waals surface area contributed by atoms with Crippen LogP contribution in [0.2, 0.25) is 13.1 Å². The summed E-state index contributed by atoms with van der Waals surface area (Å²) in [5.74, 6) is 0. The molecule has 0 amide bonds. The molecule has 0 aliphatic heterocycles. The predicted octanol–water partition coefficient (Wildman–Crippen LogP) is 3.17. The van der Waals surface area contributed by atoms with E-state index in [-0.39, 0.29) is 0 Å². The third kappa shape index (κ3) is 3.32. The summed E-state index contributed by atoms with van der Waals surface area (Å²) in [6, 6.07) is 8.54. The van der Waals surface area contributed by atoms with Crippen LogP contribution in [0.1, 0.15) is 18.9 Å². The van der Waals surface area contributed by atoms with Crippen LogP contribution in [0.4, 0.5) is 0 Å². The maximum atomic E-state index is 5.95. The van der Waals surface area contributed by atoms with Gasteiger partial charge in [0.15, 0.2) is 0 Å². The van der Waals surface area contributed by atoms with Crippen molar-refractivity contribution in [2.24, 2.45) is 0 Å². The molecule has 1 nitrogen and oxygen atoms in total. The summed E-state index contributed by atoms with van der Waals surface area (Å²) in [6.07, 6.45) is 2.95. The molecule has 0 bridgehead atoms. The zero-order valence-corrected chi connectivity index (χ0v) is 10.9. The molecule has 0 radical (unpaired) electrons. The Bertz CT molecular complexity index is 314. The molecule has 0 unspecified atom stereocenters. The van der Waals surface area contributed by atoms with Crippen LogP contribution in [-0.4, -0.2) is 14.9 Å². The van der Waals surface area contributed by atoms with Crippen LogP contribution in [0, 0.1) is 0 Å². The van der Waals surface area contributed by atoms with Crippen molar-refractivity contribution in [3.63, 3.8) is 0 Å². The number of benzene rings is 1. The fraction of sp³-hybridized carbons (Fsp3) is 0.385. The molecule has 0 atom stereocenters. The van der Waals surface area contributed by atoms with Gasteiger partial charge in [-0.15, -0.1) is 0 Å². The molecule has 0 aromatic heterocycles. The monoisotopic (exact) mass is 220 g/mol. The summed E-state index contributed by atoms with van der Waals surface area (Å²) in [6.45, 7) is 11.2. The maximum Gasteiger partial charge on any atom is 0.218 e. The van der Waals surface area contributed by atoms with Crippen LogP contribution in [0.5, 0.6) is 0 Å².